The standard InChI is InChI=1S/C19H18Cl2N2O6S2/c20-13-1-6-17(7-2-13)30(26,27)22-15-11-16(5-10-19(24)25)23(12-15)31(28,29)18-8-3-14(21)4-9-18/h1-10,15-16,22H,11-12H2,(H,24,25)/b10-5+/t15-,16-/m1/s1. The summed E-state index contributed by atoms with van der Waals surface area (Å²) in [6, 6.07) is 9.43. The summed E-state index contributed by atoms with van der Waals surface area (Å²) in [5, 5.41) is 9.67. The van der Waals surface area contributed by atoms with Crippen LogP contribution in [-0.2, 0) is 24.8 Å². The number of carboxylic acids is 1. The Morgan fingerprint density at radius 2 is 1.48 bits per heavy atom. The fourth-order valence-corrected chi connectivity index (χ4v) is 6.34. The van der Waals surface area contributed by atoms with Gasteiger partial charge in [-0.15, -0.1) is 0 Å². The molecule has 0 aliphatic carbocycles. The highest BCUT2D eigenvalue weighted by Gasteiger charge is 2.40. The van der Waals surface area contributed by atoms with Crippen molar-refractivity contribution < 1.29 is 26.7 Å². The van der Waals surface area contributed by atoms with Gasteiger partial charge in [-0.25, -0.2) is 26.4 Å². The molecule has 0 aromatic heterocycles. The number of benzene rings is 2. The maximum atomic E-state index is 13.1. The Bertz CT molecular complexity index is 1200. The van der Waals surface area contributed by atoms with Crippen molar-refractivity contribution in [3.8, 4) is 0 Å². The van der Waals surface area contributed by atoms with E-state index in [2.05, 4.69) is 4.72 Å². The topological polar surface area (TPSA) is 121 Å². The number of carbonyl (C=O) groups is 1. The molecular formula is C19H18Cl2N2O6S2. The van der Waals surface area contributed by atoms with Crippen LogP contribution in [0.2, 0.25) is 10.0 Å². The second-order valence-corrected chi connectivity index (χ2v) is 11.3. The quantitative estimate of drug-likeness (QED) is 0.559. The van der Waals surface area contributed by atoms with Crippen LogP contribution in [-0.4, -0.2) is 50.8 Å². The molecular weight excluding hydrogens is 487 g/mol. The molecule has 2 N–H and O–H groups in total. The van der Waals surface area contributed by atoms with E-state index < -0.39 is 38.1 Å². The number of nitrogens with zero attached hydrogens (tertiary/aromatic N) is 1. The first kappa shape index (κ1) is 23.7. The van der Waals surface area contributed by atoms with Crippen molar-refractivity contribution in [1.29, 1.82) is 0 Å². The third-order valence-corrected chi connectivity index (χ3v) is 8.57. The van der Waals surface area contributed by atoms with Crippen molar-refractivity contribution in [2.75, 3.05) is 6.54 Å². The van der Waals surface area contributed by atoms with Crippen molar-refractivity contribution in [3.63, 3.8) is 0 Å². The van der Waals surface area contributed by atoms with E-state index in [9.17, 15) is 21.6 Å². The van der Waals surface area contributed by atoms with Crippen molar-refractivity contribution in [2.45, 2.75) is 28.3 Å². The minimum atomic E-state index is -4.03. The van der Waals surface area contributed by atoms with Gasteiger partial charge in [-0.3, -0.25) is 0 Å². The monoisotopic (exact) mass is 504 g/mol. The molecule has 1 saturated heterocycles. The summed E-state index contributed by atoms with van der Waals surface area (Å²) >= 11 is 11.6. The average Bonchev–Trinajstić information content (AvgIpc) is 3.10. The van der Waals surface area contributed by atoms with Crippen LogP contribution in [0, 0.1) is 0 Å². The summed E-state index contributed by atoms with van der Waals surface area (Å²) < 4.78 is 55.2. The molecule has 8 nitrogen and oxygen atoms in total. The lowest BCUT2D eigenvalue weighted by atomic mass is 10.2. The summed E-state index contributed by atoms with van der Waals surface area (Å²) in [5.41, 5.74) is 0. The van der Waals surface area contributed by atoms with Crippen LogP contribution in [0.4, 0.5) is 0 Å². The van der Waals surface area contributed by atoms with E-state index in [4.69, 9.17) is 28.3 Å². The molecule has 2 aromatic rings. The molecule has 1 heterocycles. The average molecular weight is 505 g/mol. The second kappa shape index (κ2) is 9.27. The number of carboxylic acid groups (broad SMARTS) is 1. The lowest BCUT2D eigenvalue weighted by Crippen LogP contribution is -2.39. The zero-order chi connectivity index (χ0) is 22.8. The molecule has 2 aromatic carbocycles. The predicted molar refractivity (Wildman–Crippen MR) is 116 cm³/mol. The summed E-state index contributed by atoms with van der Waals surface area (Å²) in [7, 11) is -7.98. The van der Waals surface area contributed by atoms with Crippen LogP contribution in [0.25, 0.3) is 0 Å². The highest BCUT2D eigenvalue weighted by Crippen LogP contribution is 2.29. The lowest BCUT2D eigenvalue weighted by Gasteiger charge is -2.21. The summed E-state index contributed by atoms with van der Waals surface area (Å²) in [5.74, 6) is -1.24. The molecule has 0 saturated carbocycles. The van der Waals surface area contributed by atoms with Gasteiger partial charge in [0, 0.05) is 34.7 Å². The highest BCUT2D eigenvalue weighted by atomic mass is 35.5. The van der Waals surface area contributed by atoms with Crippen LogP contribution in [0.1, 0.15) is 6.42 Å². The lowest BCUT2D eigenvalue weighted by molar-refractivity contribution is -0.131. The molecule has 166 valence electrons. The first-order valence-electron chi connectivity index (χ1n) is 8.95. The van der Waals surface area contributed by atoms with E-state index in [1.807, 2.05) is 0 Å². The Balaban J connectivity index is 1.89. The van der Waals surface area contributed by atoms with Gasteiger partial charge in [0.1, 0.15) is 0 Å². The van der Waals surface area contributed by atoms with Crippen LogP contribution in [0.15, 0.2) is 70.5 Å². The number of halogens is 2. The van der Waals surface area contributed by atoms with E-state index >= 15 is 0 Å². The van der Waals surface area contributed by atoms with Crippen molar-refractivity contribution in [1.82, 2.24) is 9.03 Å². The Kier molecular flexibility index (Phi) is 7.09. The number of hydrogen-bond acceptors (Lipinski definition) is 5. The molecule has 1 fully saturated rings. The number of aliphatic carboxylic acids is 1. The van der Waals surface area contributed by atoms with Gasteiger partial charge in [-0.05, 0) is 55.0 Å². The largest absolute Gasteiger partial charge is 0.478 e. The molecule has 12 heteroatoms. The summed E-state index contributed by atoms with van der Waals surface area (Å²) in [6.07, 6.45) is 2.13. The van der Waals surface area contributed by atoms with Gasteiger partial charge < -0.3 is 5.11 Å². The van der Waals surface area contributed by atoms with Gasteiger partial charge >= 0.3 is 5.97 Å². The number of nitrogens with one attached hydrogen (secondary N) is 1. The minimum absolute atomic E-state index is 0.0199. The summed E-state index contributed by atoms with van der Waals surface area (Å²) in [4.78, 5) is 10.9. The van der Waals surface area contributed by atoms with Crippen molar-refractivity contribution in [2.24, 2.45) is 0 Å². The van der Waals surface area contributed by atoms with Gasteiger partial charge in [-0.1, -0.05) is 29.3 Å². The number of sulfonamides is 2. The predicted octanol–water partition coefficient (Wildman–Crippen LogP) is 2.74. The maximum absolute atomic E-state index is 13.1. The van der Waals surface area contributed by atoms with Crippen LogP contribution in [0.5, 0.6) is 0 Å². The minimum Gasteiger partial charge on any atom is -0.478 e. The van der Waals surface area contributed by atoms with Crippen molar-refractivity contribution >= 4 is 49.2 Å². The van der Waals surface area contributed by atoms with Crippen LogP contribution < -0.4 is 4.72 Å². The second-order valence-electron chi connectivity index (χ2n) is 6.80. The van der Waals surface area contributed by atoms with E-state index in [1.165, 1.54) is 54.6 Å². The van der Waals surface area contributed by atoms with Crippen molar-refractivity contribution in [3.05, 3.63) is 70.7 Å². The first-order chi connectivity index (χ1) is 14.5. The van der Waals surface area contributed by atoms with E-state index in [-0.39, 0.29) is 22.8 Å². The van der Waals surface area contributed by atoms with Crippen LogP contribution in [0.3, 0.4) is 0 Å². The van der Waals surface area contributed by atoms with Gasteiger partial charge in [0.25, 0.3) is 0 Å². The SMILES string of the molecule is O=C(O)/C=C/[C@@H]1C[C@@H](NS(=O)(=O)c2ccc(Cl)cc2)CN1S(=O)(=O)c1ccc(Cl)cc1. The molecule has 3 rings (SSSR count). The zero-order valence-corrected chi connectivity index (χ0v) is 19.0. The van der Waals surface area contributed by atoms with Gasteiger partial charge in [0.15, 0.2) is 0 Å². The third kappa shape index (κ3) is 5.65. The molecule has 0 radical (unpaired) electrons. The normalized spacial score (nSPS) is 20.3. The highest BCUT2D eigenvalue weighted by molar-refractivity contribution is 7.89. The Hall–Kier alpha value is -1.95. The fourth-order valence-electron chi connectivity index (χ4n) is 3.21. The molecule has 0 bridgehead atoms. The third-order valence-electron chi connectivity index (χ3n) is 4.62. The molecule has 1 aliphatic rings. The van der Waals surface area contributed by atoms with E-state index in [1.54, 1.807) is 0 Å². The summed E-state index contributed by atoms with van der Waals surface area (Å²) in [6.45, 7) is -0.174. The molecule has 2 atom stereocenters. The Morgan fingerprint density at radius 3 is 2.00 bits per heavy atom. The maximum Gasteiger partial charge on any atom is 0.328 e. The van der Waals surface area contributed by atoms with Gasteiger partial charge in [0.2, 0.25) is 20.0 Å². The Labute approximate surface area is 190 Å². The molecule has 0 amide bonds. The van der Waals surface area contributed by atoms with E-state index in [0.717, 1.165) is 10.4 Å². The number of hydrogen-bond donors (Lipinski definition) is 2. The molecule has 0 unspecified atom stereocenters. The zero-order valence-electron chi connectivity index (χ0n) is 15.9. The smallest absolute Gasteiger partial charge is 0.328 e. The number of rotatable bonds is 7. The van der Waals surface area contributed by atoms with Gasteiger partial charge in [-0.2, -0.15) is 4.31 Å². The molecule has 1 aliphatic heterocycles. The van der Waals surface area contributed by atoms with E-state index in [0.29, 0.717) is 10.0 Å². The molecule has 0 spiro atoms. The van der Waals surface area contributed by atoms with Crippen LogP contribution >= 0.6 is 23.2 Å². The Morgan fingerprint density at radius 1 is 0.968 bits per heavy atom. The van der Waals surface area contributed by atoms with Gasteiger partial charge in [0.05, 0.1) is 9.79 Å². The fraction of sp³-hybridized carbons (Fsp3) is 0.211. The molecule has 31 heavy (non-hydrogen) atoms. The first-order valence-corrected chi connectivity index (χ1v) is 12.6.